The lowest BCUT2D eigenvalue weighted by Crippen LogP contribution is -2.44. The van der Waals surface area contributed by atoms with Crippen LogP contribution in [-0.4, -0.2) is 43.1 Å². The molecular weight excluding hydrogens is 432 g/mol. The standard InChI is InChI=1S/C18H26FN5.HI/c1-3-21-18(23-13-16-6-5-9-24(16)4-2)22-12-15-10-14(11-20)7-8-17(15)19;/h7-8,10,16H,3-6,9,12-13H2,1-2H3,(H2,21,22,23);1H. The van der Waals surface area contributed by atoms with Crippen LogP contribution >= 0.6 is 24.0 Å². The smallest absolute Gasteiger partial charge is 0.191 e. The van der Waals surface area contributed by atoms with Crippen LogP contribution < -0.4 is 10.6 Å². The normalized spacial score (nSPS) is 17.7. The van der Waals surface area contributed by atoms with Crippen LogP contribution in [0.25, 0.3) is 0 Å². The van der Waals surface area contributed by atoms with Crippen LogP contribution in [0.1, 0.15) is 37.8 Å². The molecule has 5 nitrogen and oxygen atoms in total. The summed E-state index contributed by atoms with van der Waals surface area (Å²) in [5, 5.41) is 15.5. The highest BCUT2D eigenvalue weighted by Gasteiger charge is 2.22. The Labute approximate surface area is 166 Å². The predicted octanol–water partition coefficient (Wildman–Crippen LogP) is 2.85. The molecule has 1 aliphatic heterocycles. The number of hydrogen-bond acceptors (Lipinski definition) is 3. The first kappa shape index (κ1) is 21.6. The van der Waals surface area contributed by atoms with Crippen molar-refractivity contribution >= 4 is 29.9 Å². The molecular formula is C18H27FIN5. The molecule has 1 atom stereocenters. The van der Waals surface area contributed by atoms with Crippen molar-refractivity contribution in [3.63, 3.8) is 0 Å². The maximum Gasteiger partial charge on any atom is 0.191 e. The van der Waals surface area contributed by atoms with E-state index in [1.165, 1.54) is 25.0 Å². The molecule has 0 amide bonds. The van der Waals surface area contributed by atoms with Gasteiger partial charge in [0.15, 0.2) is 5.96 Å². The lowest BCUT2D eigenvalue weighted by molar-refractivity contribution is 0.267. The van der Waals surface area contributed by atoms with Crippen molar-refractivity contribution in [1.29, 1.82) is 5.26 Å². The van der Waals surface area contributed by atoms with Gasteiger partial charge in [0.2, 0.25) is 0 Å². The first-order valence-electron chi connectivity index (χ1n) is 8.62. The van der Waals surface area contributed by atoms with Gasteiger partial charge in [-0.05, 0) is 51.1 Å². The summed E-state index contributed by atoms with van der Waals surface area (Å²) < 4.78 is 13.8. The molecule has 0 bridgehead atoms. The Morgan fingerprint density at radius 1 is 1.40 bits per heavy atom. The molecule has 7 heteroatoms. The van der Waals surface area contributed by atoms with Gasteiger partial charge in [0.25, 0.3) is 0 Å². The number of likely N-dealkylation sites (N-methyl/N-ethyl adjacent to an activating group) is 1. The molecule has 1 aromatic carbocycles. The van der Waals surface area contributed by atoms with E-state index in [0.29, 0.717) is 23.1 Å². The molecule has 1 aliphatic rings. The van der Waals surface area contributed by atoms with E-state index in [1.54, 1.807) is 6.07 Å². The van der Waals surface area contributed by atoms with Crippen LogP contribution in [0.15, 0.2) is 23.2 Å². The van der Waals surface area contributed by atoms with Crippen molar-refractivity contribution in [2.75, 3.05) is 26.2 Å². The van der Waals surface area contributed by atoms with Crippen LogP contribution in [0.3, 0.4) is 0 Å². The SMILES string of the molecule is CCNC(=NCc1cc(C#N)ccc1F)NCC1CCCN1CC.I. The zero-order valence-electron chi connectivity index (χ0n) is 14.9. The van der Waals surface area contributed by atoms with Crippen molar-refractivity contribution in [2.24, 2.45) is 4.99 Å². The molecule has 1 unspecified atom stereocenters. The molecule has 1 saturated heterocycles. The van der Waals surface area contributed by atoms with Crippen molar-refractivity contribution in [3.8, 4) is 6.07 Å². The minimum atomic E-state index is -0.332. The summed E-state index contributed by atoms with van der Waals surface area (Å²) in [4.78, 5) is 6.92. The van der Waals surface area contributed by atoms with Gasteiger partial charge in [-0.25, -0.2) is 9.38 Å². The van der Waals surface area contributed by atoms with E-state index in [-0.39, 0.29) is 36.3 Å². The fraction of sp³-hybridized carbons (Fsp3) is 0.556. The van der Waals surface area contributed by atoms with E-state index in [0.717, 1.165) is 26.2 Å². The van der Waals surface area contributed by atoms with E-state index >= 15 is 0 Å². The summed E-state index contributed by atoms with van der Waals surface area (Å²) in [6.45, 7) is 8.19. The van der Waals surface area contributed by atoms with Crippen LogP contribution in [0.5, 0.6) is 0 Å². The fourth-order valence-corrected chi connectivity index (χ4v) is 3.03. The summed E-state index contributed by atoms with van der Waals surface area (Å²) >= 11 is 0. The van der Waals surface area contributed by atoms with Crippen molar-refractivity contribution in [2.45, 2.75) is 39.3 Å². The monoisotopic (exact) mass is 459 g/mol. The topological polar surface area (TPSA) is 63.5 Å². The van der Waals surface area contributed by atoms with Crippen molar-refractivity contribution in [1.82, 2.24) is 15.5 Å². The molecule has 0 saturated carbocycles. The molecule has 1 fully saturated rings. The summed E-state index contributed by atoms with van der Waals surface area (Å²) in [6.07, 6.45) is 2.43. The second-order valence-electron chi connectivity index (χ2n) is 5.92. The molecule has 0 spiro atoms. The third-order valence-electron chi connectivity index (χ3n) is 4.34. The molecule has 1 heterocycles. The van der Waals surface area contributed by atoms with Gasteiger partial charge in [0.1, 0.15) is 5.82 Å². The van der Waals surface area contributed by atoms with Gasteiger partial charge in [0, 0.05) is 24.7 Å². The van der Waals surface area contributed by atoms with E-state index < -0.39 is 0 Å². The van der Waals surface area contributed by atoms with E-state index in [1.807, 2.05) is 13.0 Å². The van der Waals surface area contributed by atoms with Crippen LogP contribution in [0.4, 0.5) is 4.39 Å². The lowest BCUT2D eigenvalue weighted by atomic mass is 10.1. The van der Waals surface area contributed by atoms with Crippen LogP contribution in [0, 0.1) is 17.1 Å². The Kier molecular flexibility index (Phi) is 9.75. The number of nitrogens with one attached hydrogen (secondary N) is 2. The van der Waals surface area contributed by atoms with Crippen LogP contribution in [-0.2, 0) is 6.54 Å². The summed E-state index contributed by atoms with van der Waals surface area (Å²) in [7, 11) is 0. The number of likely N-dealkylation sites (tertiary alicyclic amines) is 1. The number of nitriles is 1. The highest BCUT2D eigenvalue weighted by atomic mass is 127. The second kappa shape index (κ2) is 11.3. The van der Waals surface area contributed by atoms with E-state index in [4.69, 9.17) is 5.26 Å². The van der Waals surface area contributed by atoms with Gasteiger partial charge >= 0.3 is 0 Å². The zero-order valence-corrected chi connectivity index (χ0v) is 17.2. The first-order chi connectivity index (χ1) is 11.7. The van der Waals surface area contributed by atoms with E-state index in [9.17, 15) is 4.39 Å². The van der Waals surface area contributed by atoms with Gasteiger partial charge in [-0.3, -0.25) is 4.90 Å². The highest BCUT2D eigenvalue weighted by molar-refractivity contribution is 14.0. The summed E-state index contributed by atoms with van der Waals surface area (Å²) in [5.41, 5.74) is 0.881. The first-order valence-corrected chi connectivity index (χ1v) is 8.62. The van der Waals surface area contributed by atoms with Gasteiger partial charge in [-0.15, -0.1) is 24.0 Å². The van der Waals surface area contributed by atoms with Gasteiger partial charge < -0.3 is 10.6 Å². The van der Waals surface area contributed by atoms with Gasteiger partial charge in [-0.2, -0.15) is 5.26 Å². The number of aliphatic imine (C=N–C) groups is 1. The molecule has 0 aliphatic carbocycles. The Hall–Kier alpha value is -1.40. The van der Waals surface area contributed by atoms with Gasteiger partial charge in [0.05, 0.1) is 18.2 Å². The Bertz CT molecular complexity index is 614. The molecule has 2 N–H and O–H groups in total. The average Bonchev–Trinajstić information content (AvgIpc) is 3.06. The predicted molar refractivity (Wildman–Crippen MR) is 110 cm³/mol. The third kappa shape index (κ3) is 6.44. The maximum atomic E-state index is 13.8. The number of halogens is 2. The molecule has 25 heavy (non-hydrogen) atoms. The quantitative estimate of drug-likeness (QED) is 0.390. The molecule has 0 aromatic heterocycles. The minimum absolute atomic E-state index is 0. The highest BCUT2D eigenvalue weighted by Crippen LogP contribution is 2.15. The number of rotatable bonds is 6. The Morgan fingerprint density at radius 2 is 2.20 bits per heavy atom. The second-order valence-corrected chi connectivity index (χ2v) is 5.92. The van der Waals surface area contributed by atoms with Crippen LogP contribution in [0.2, 0.25) is 0 Å². The number of nitrogens with zero attached hydrogens (tertiary/aromatic N) is 3. The lowest BCUT2D eigenvalue weighted by Gasteiger charge is -2.24. The summed E-state index contributed by atoms with van der Waals surface area (Å²) in [6, 6.07) is 6.91. The maximum absolute atomic E-state index is 13.8. The van der Waals surface area contributed by atoms with Crippen molar-refractivity contribution < 1.29 is 4.39 Å². The number of benzene rings is 1. The van der Waals surface area contributed by atoms with Crippen molar-refractivity contribution in [3.05, 3.63) is 35.1 Å². The number of guanidine groups is 1. The summed E-state index contributed by atoms with van der Waals surface area (Å²) in [5.74, 6) is 0.351. The molecule has 0 radical (unpaired) electrons. The molecule has 138 valence electrons. The van der Waals surface area contributed by atoms with Gasteiger partial charge in [-0.1, -0.05) is 6.92 Å². The minimum Gasteiger partial charge on any atom is -0.357 e. The van der Waals surface area contributed by atoms with E-state index in [2.05, 4.69) is 27.4 Å². The molecule has 1 aromatic rings. The fourth-order valence-electron chi connectivity index (χ4n) is 3.03. The zero-order chi connectivity index (χ0) is 17.4. The average molecular weight is 459 g/mol. The third-order valence-corrected chi connectivity index (χ3v) is 4.34. The Morgan fingerprint density at radius 3 is 2.88 bits per heavy atom. The largest absolute Gasteiger partial charge is 0.357 e. The number of hydrogen-bond donors (Lipinski definition) is 2. The Balaban J connectivity index is 0.00000312. The molecule has 2 rings (SSSR count).